The van der Waals surface area contributed by atoms with Crippen LogP contribution in [0.4, 0.5) is 0 Å². The zero-order valence-corrected chi connectivity index (χ0v) is 9.90. The Balaban J connectivity index is 2.74. The molecule has 88 valence electrons. The van der Waals surface area contributed by atoms with Crippen molar-refractivity contribution >= 4 is 15.8 Å². The summed E-state index contributed by atoms with van der Waals surface area (Å²) >= 11 is 0. The van der Waals surface area contributed by atoms with Gasteiger partial charge in [0.25, 0.3) is 0 Å². The number of hydrogen-bond donors (Lipinski definition) is 0. The number of allylic oxidation sites excluding steroid dienone is 2. The van der Waals surface area contributed by atoms with Crippen molar-refractivity contribution in [2.45, 2.75) is 25.7 Å². The molecule has 0 heterocycles. The molecule has 0 saturated heterocycles. The van der Waals surface area contributed by atoms with Crippen LogP contribution in [0.25, 0.3) is 0 Å². The van der Waals surface area contributed by atoms with Crippen LogP contribution < -0.4 is 0 Å². The van der Waals surface area contributed by atoms with Gasteiger partial charge in [0.05, 0.1) is 6.26 Å². The van der Waals surface area contributed by atoms with Crippen molar-refractivity contribution in [1.82, 2.24) is 0 Å². The molecule has 0 saturated carbocycles. The first-order valence-corrected chi connectivity index (χ1v) is 6.86. The molecule has 1 rings (SSSR count). The van der Waals surface area contributed by atoms with Gasteiger partial charge in [-0.15, -0.1) is 0 Å². The molecule has 6 heteroatoms. The SMILES string of the molecule is CS(=O)(=O)ON=C(C#N)C1CC=CCCC1. The maximum absolute atomic E-state index is 10.7. The van der Waals surface area contributed by atoms with Gasteiger partial charge in [0, 0.05) is 5.92 Å². The van der Waals surface area contributed by atoms with Crippen molar-refractivity contribution in [2.75, 3.05) is 6.26 Å². The summed E-state index contributed by atoms with van der Waals surface area (Å²) in [5.41, 5.74) is 0.150. The highest BCUT2D eigenvalue weighted by molar-refractivity contribution is 7.85. The second-order valence-corrected chi connectivity index (χ2v) is 5.26. The summed E-state index contributed by atoms with van der Waals surface area (Å²) in [6, 6.07) is 1.90. The molecule has 0 radical (unpaired) electrons. The van der Waals surface area contributed by atoms with E-state index in [1.807, 2.05) is 12.1 Å². The number of nitrogens with zero attached hydrogens (tertiary/aromatic N) is 2. The van der Waals surface area contributed by atoms with Crippen molar-refractivity contribution in [3.8, 4) is 6.07 Å². The van der Waals surface area contributed by atoms with Crippen LogP contribution in [0.1, 0.15) is 25.7 Å². The van der Waals surface area contributed by atoms with Crippen LogP contribution in [-0.2, 0) is 14.4 Å². The fourth-order valence-corrected chi connectivity index (χ4v) is 1.74. The summed E-state index contributed by atoms with van der Waals surface area (Å²) in [5, 5.41) is 12.3. The fraction of sp³-hybridized carbons (Fsp3) is 0.600. The Bertz CT molecular complexity index is 431. The van der Waals surface area contributed by atoms with Crippen molar-refractivity contribution < 1.29 is 12.7 Å². The van der Waals surface area contributed by atoms with Crippen LogP contribution in [0.3, 0.4) is 0 Å². The minimum Gasteiger partial charge on any atom is -0.268 e. The molecule has 1 aliphatic carbocycles. The van der Waals surface area contributed by atoms with Crippen molar-refractivity contribution in [3.63, 3.8) is 0 Å². The molecule has 0 bridgehead atoms. The van der Waals surface area contributed by atoms with Gasteiger partial charge in [0.1, 0.15) is 6.07 Å². The molecule has 0 fully saturated rings. The Morgan fingerprint density at radius 2 is 2.31 bits per heavy atom. The van der Waals surface area contributed by atoms with Gasteiger partial charge in [-0.05, 0) is 25.7 Å². The summed E-state index contributed by atoms with van der Waals surface area (Å²) in [6.07, 6.45) is 8.45. The Kier molecular flexibility index (Phi) is 4.50. The Labute approximate surface area is 95.5 Å². The smallest absolute Gasteiger partial charge is 0.268 e. The van der Waals surface area contributed by atoms with Gasteiger partial charge in [-0.2, -0.15) is 13.7 Å². The lowest BCUT2D eigenvalue weighted by Crippen LogP contribution is -2.13. The van der Waals surface area contributed by atoms with E-state index >= 15 is 0 Å². The van der Waals surface area contributed by atoms with E-state index in [-0.39, 0.29) is 11.6 Å². The third kappa shape index (κ3) is 4.45. The largest absolute Gasteiger partial charge is 0.325 e. The van der Waals surface area contributed by atoms with Crippen molar-refractivity contribution in [2.24, 2.45) is 11.1 Å². The first-order chi connectivity index (χ1) is 7.53. The van der Waals surface area contributed by atoms with Gasteiger partial charge in [-0.25, -0.2) is 0 Å². The molecule has 16 heavy (non-hydrogen) atoms. The van der Waals surface area contributed by atoms with Crippen LogP contribution >= 0.6 is 0 Å². The van der Waals surface area contributed by atoms with Gasteiger partial charge in [-0.3, -0.25) is 4.28 Å². The zero-order valence-electron chi connectivity index (χ0n) is 9.09. The summed E-state index contributed by atoms with van der Waals surface area (Å²) in [7, 11) is -3.63. The highest BCUT2D eigenvalue weighted by Gasteiger charge is 2.17. The lowest BCUT2D eigenvalue weighted by Gasteiger charge is -2.09. The summed E-state index contributed by atoms with van der Waals surface area (Å²) < 4.78 is 25.8. The maximum atomic E-state index is 10.7. The topological polar surface area (TPSA) is 79.5 Å². The Morgan fingerprint density at radius 3 is 2.94 bits per heavy atom. The molecule has 5 nitrogen and oxygen atoms in total. The molecule has 0 N–H and O–H groups in total. The van der Waals surface area contributed by atoms with E-state index in [1.165, 1.54) is 0 Å². The standard InChI is InChI=1S/C10H14N2O3S/c1-16(13,14)15-12-10(8-11)9-6-4-2-3-5-7-9/h2,4,9H,3,5-7H2,1H3. The van der Waals surface area contributed by atoms with Gasteiger partial charge >= 0.3 is 10.1 Å². The Hall–Kier alpha value is -1.35. The van der Waals surface area contributed by atoms with E-state index in [1.54, 1.807) is 0 Å². The van der Waals surface area contributed by atoms with Crippen LogP contribution in [0.15, 0.2) is 17.3 Å². The van der Waals surface area contributed by atoms with E-state index in [0.717, 1.165) is 25.5 Å². The predicted octanol–water partition coefficient (Wildman–Crippen LogP) is 1.59. The van der Waals surface area contributed by atoms with Crippen LogP contribution in [0, 0.1) is 17.2 Å². The Morgan fingerprint density at radius 1 is 1.56 bits per heavy atom. The van der Waals surface area contributed by atoms with Crippen molar-refractivity contribution in [3.05, 3.63) is 12.2 Å². The molecule has 1 unspecified atom stereocenters. The normalized spacial score (nSPS) is 22.2. The molecular formula is C10H14N2O3S. The second-order valence-electron chi connectivity index (χ2n) is 3.70. The molecule has 0 aromatic rings. The molecule has 0 aliphatic heterocycles. The molecule has 0 aromatic heterocycles. The summed E-state index contributed by atoms with van der Waals surface area (Å²) in [5.74, 6) is -0.0366. The highest BCUT2D eigenvalue weighted by Crippen LogP contribution is 2.19. The third-order valence-corrected chi connectivity index (χ3v) is 2.63. The minimum absolute atomic E-state index is 0.0366. The monoisotopic (exact) mass is 242 g/mol. The number of nitriles is 1. The van der Waals surface area contributed by atoms with Gasteiger partial charge in [-0.1, -0.05) is 17.3 Å². The highest BCUT2D eigenvalue weighted by atomic mass is 32.2. The minimum atomic E-state index is -3.63. The maximum Gasteiger partial charge on any atom is 0.325 e. The molecule has 1 aliphatic rings. The van der Waals surface area contributed by atoms with Crippen LogP contribution in [-0.4, -0.2) is 20.4 Å². The summed E-state index contributed by atoms with van der Waals surface area (Å²) in [4.78, 5) is 0. The van der Waals surface area contributed by atoms with E-state index in [0.29, 0.717) is 6.42 Å². The van der Waals surface area contributed by atoms with Crippen LogP contribution in [0.2, 0.25) is 0 Å². The van der Waals surface area contributed by atoms with E-state index in [9.17, 15) is 8.42 Å². The average Bonchev–Trinajstić information content (AvgIpc) is 2.46. The number of oxime groups is 1. The summed E-state index contributed by atoms with van der Waals surface area (Å²) in [6.45, 7) is 0. The quantitative estimate of drug-likeness (QED) is 0.427. The fourth-order valence-electron chi connectivity index (χ4n) is 1.52. The average molecular weight is 242 g/mol. The van der Waals surface area contributed by atoms with Gasteiger partial charge in [0.15, 0.2) is 5.71 Å². The van der Waals surface area contributed by atoms with Gasteiger partial charge in [0.2, 0.25) is 0 Å². The van der Waals surface area contributed by atoms with Crippen LogP contribution in [0.5, 0.6) is 0 Å². The number of rotatable bonds is 3. The third-order valence-electron chi connectivity index (χ3n) is 2.28. The second kappa shape index (κ2) is 5.66. The van der Waals surface area contributed by atoms with E-state index in [2.05, 4.69) is 15.5 Å². The zero-order chi connectivity index (χ0) is 12.0. The molecular weight excluding hydrogens is 228 g/mol. The molecule has 0 aromatic carbocycles. The predicted molar refractivity (Wildman–Crippen MR) is 60.1 cm³/mol. The first-order valence-electron chi connectivity index (χ1n) is 5.04. The van der Waals surface area contributed by atoms with E-state index in [4.69, 9.17) is 5.26 Å². The van der Waals surface area contributed by atoms with Crippen molar-refractivity contribution in [1.29, 1.82) is 5.26 Å². The molecule has 1 atom stereocenters. The molecule has 0 amide bonds. The lowest BCUT2D eigenvalue weighted by atomic mass is 9.96. The van der Waals surface area contributed by atoms with E-state index < -0.39 is 10.1 Å². The lowest BCUT2D eigenvalue weighted by molar-refractivity contribution is 0.339. The van der Waals surface area contributed by atoms with Gasteiger partial charge < -0.3 is 0 Å². The first kappa shape index (κ1) is 12.7. The molecule has 0 spiro atoms. The number of hydrogen-bond acceptors (Lipinski definition) is 5.